The van der Waals surface area contributed by atoms with Gasteiger partial charge in [0.05, 0.1) is 0 Å². The molecule has 1 aromatic carbocycles. The number of nitrogens with two attached hydrogens (primary N) is 1. The molecule has 0 unspecified atom stereocenters. The third-order valence-corrected chi connectivity index (χ3v) is 5.14. The van der Waals surface area contributed by atoms with Gasteiger partial charge in [0.1, 0.15) is 0 Å². The van der Waals surface area contributed by atoms with Crippen molar-refractivity contribution in [1.82, 2.24) is 9.80 Å². The van der Waals surface area contributed by atoms with Crippen LogP contribution in [0.3, 0.4) is 0 Å². The molecule has 0 amide bonds. The minimum Gasteiger partial charge on any atom is -0.370 e. The topological polar surface area (TPSA) is 48.1 Å². The summed E-state index contributed by atoms with van der Waals surface area (Å²) in [5.41, 5.74) is 7.24. The number of halogens is 2. The summed E-state index contributed by atoms with van der Waals surface area (Å²) in [4.78, 5) is 11.5. The minimum atomic E-state index is 0. The predicted molar refractivity (Wildman–Crippen MR) is 117 cm³/mol. The lowest BCUT2D eigenvalue weighted by atomic mass is 10.2. The first-order valence-corrected chi connectivity index (χ1v) is 9.27. The van der Waals surface area contributed by atoms with Crippen LogP contribution in [0.4, 0.5) is 5.69 Å². The van der Waals surface area contributed by atoms with Gasteiger partial charge < -0.3 is 15.5 Å². The molecular weight excluding hydrogens is 449 g/mol. The number of guanidine groups is 1. The van der Waals surface area contributed by atoms with Gasteiger partial charge in [-0.15, -0.1) is 24.0 Å². The third-order valence-electron chi connectivity index (χ3n) is 4.91. The zero-order valence-corrected chi connectivity index (χ0v) is 18.0. The van der Waals surface area contributed by atoms with Crippen LogP contribution in [0.5, 0.6) is 0 Å². The standard InChI is InChI=1S/C18H28ClN5.HI/c1-22(16-6-7-16)18(20)21-8-3-9-23-10-12-24(13-11-23)17-5-2-4-15(19)14-17;/h2,4-5,14,16H,3,6-13H2,1H3,(H2,20,21);1H. The average Bonchev–Trinajstić information content (AvgIpc) is 3.43. The van der Waals surface area contributed by atoms with Crippen LogP contribution in [0.2, 0.25) is 5.02 Å². The van der Waals surface area contributed by atoms with E-state index in [1.807, 2.05) is 25.2 Å². The van der Waals surface area contributed by atoms with Gasteiger partial charge in [-0.25, -0.2) is 0 Å². The summed E-state index contributed by atoms with van der Waals surface area (Å²) in [5.74, 6) is 0.697. The van der Waals surface area contributed by atoms with E-state index in [1.54, 1.807) is 0 Å². The van der Waals surface area contributed by atoms with E-state index < -0.39 is 0 Å². The largest absolute Gasteiger partial charge is 0.370 e. The number of anilines is 1. The number of aliphatic imine (C=N–C) groups is 1. The molecule has 3 rings (SSSR count). The molecule has 2 fully saturated rings. The molecule has 5 nitrogen and oxygen atoms in total. The Morgan fingerprint density at radius 3 is 2.64 bits per heavy atom. The van der Waals surface area contributed by atoms with E-state index in [4.69, 9.17) is 17.3 Å². The number of nitrogens with zero attached hydrogens (tertiary/aromatic N) is 4. The van der Waals surface area contributed by atoms with E-state index in [9.17, 15) is 0 Å². The quantitative estimate of drug-likeness (QED) is 0.296. The molecule has 1 aliphatic heterocycles. The molecule has 1 saturated carbocycles. The van der Waals surface area contributed by atoms with Crippen molar-refractivity contribution in [2.45, 2.75) is 25.3 Å². The second kappa shape index (κ2) is 9.83. The maximum atomic E-state index is 6.09. The van der Waals surface area contributed by atoms with Gasteiger partial charge in [0.15, 0.2) is 5.96 Å². The average molecular weight is 478 g/mol. The zero-order valence-electron chi connectivity index (χ0n) is 14.9. The molecular formula is C18H29ClIN5. The molecule has 0 spiro atoms. The van der Waals surface area contributed by atoms with Crippen molar-refractivity contribution in [3.63, 3.8) is 0 Å². The molecule has 7 heteroatoms. The molecule has 2 aliphatic rings. The molecule has 2 N–H and O–H groups in total. The molecule has 0 aromatic heterocycles. The SMILES string of the molecule is CN(C(N)=NCCCN1CCN(c2cccc(Cl)c2)CC1)C1CC1.I. The minimum absolute atomic E-state index is 0. The number of piperazine rings is 1. The van der Waals surface area contributed by atoms with Crippen molar-refractivity contribution in [3.8, 4) is 0 Å². The highest BCUT2D eigenvalue weighted by molar-refractivity contribution is 14.0. The van der Waals surface area contributed by atoms with Crippen molar-refractivity contribution in [1.29, 1.82) is 0 Å². The molecule has 0 atom stereocenters. The van der Waals surface area contributed by atoms with Crippen LogP contribution in [0.25, 0.3) is 0 Å². The molecule has 1 saturated heterocycles. The molecule has 1 aliphatic carbocycles. The van der Waals surface area contributed by atoms with Gasteiger partial charge in [0.2, 0.25) is 0 Å². The summed E-state index contributed by atoms with van der Waals surface area (Å²) in [6.07, 6.45) is 3.57. The van der Waals surface area contributed by atoms with Crippen LogP contribution in [0.1, 0.15) is 19.3 Å². The highest BCUT2D eigenvalue weighted by Crippen LogP contribution is 2.24. The Labute approximate surface area is 173 Å². The molecule has 1 aromatic rings. The van der Waals surface area contributed by atoms with Crippen molar-refractivity contribution in [3.05, 3.63) is 29.3 Å². The predicted octanol–water partition coefficient (Wildman–Crippen LogP) is 2.88. The fourth-order valence-corrected chi connectivity index (χ4v) is 3.34. The Morgan fingerprint density at radius 2 is 2.00 bits per heavy atom. The Morgan fingerprint density at radius 1 is 1.28 bits per heavy atom. The Bertz CT molecular complexity index is 570. The van der Waals surface area contributed by atoms with Gasteiger partial charge in [0, 0.05) is 63.1 Å². The second-order valence-corrected chi connectivity index (χ2v) is 7.18. The Balaban J connectivity index is 0.00000225. The lowest BCUT2D eigenvalue weighted by Gasteiger charge is -2.36. The first kappa shape index (κ1) is 20.6. The van der Waals surface area contributed by atoms with E-state index in [-0.39, 0.29) is 24.0 Å². The normalized spacial score (nSPS) is 18.8. The van der Waals surface area contributed by atoms with E-state index >= 15 is 0 Å². The zero-order chi connectivity index (χ0) is 16.9. The van der Waals surface area contributed by atoms with Crippen molar-refractivity contribution < 1.29 is 0 Å². The molecule has 0 bridgehead atoms. The van der Waals surface area contributed by atoms with Crippen LogP contribution in [-0.2, 0) is 0 Å². The smallest absolute Gasteiger partial charge is 0.191 e. The summed E-state index contributed by atoms with van der Waals surface area (Å²) in [6, 6.07) is 8.76. The fourth-order valence-electron chi connectivity index (χ4n) is 3.15. The first-order valence-electron chi connectivity index (χ1n) is 8.89. The van der Waals surface area contributed by atoms with E-state index in [1.165, 1.54) is 18.5 Å². The van der Waals surface area contributed by atoms with E-state index in [0.29, 0.717) is 12.0 Å². The van der Waals surface area contributed by atoms with Crippen LogP contribution in [0, 0.1) is 0 Å². The van der Waals surface area contributed by atoms with Crippen LogP contribution in [0.15, 0.2) is 29.3 Å². The molecule has 140 valence electrons. The number of benzene rings is 1. The fraction of sp³-hybridized carbons (Fsp3) is 0.611. The summed E-state index contributed by atoms with van der Waals surface area (Å²) in [6.45, 7) is 6.19. The molecule has 25 heavy (non-hydrogen) atoms. The second-order valence-electron chi connectivity index (χ2n) is 6.74. The Kier molecular flexibility index (Phi) is 8.09. The summed E-state index contributed by atoms with van der Waals surface area (Å²) in [5, 5.41) is 0.807. The monoisotopic (exact) mass is 477 g/mol. The maximum absolute atomic E-state index is 6.09. The van der Waals surface area contributed by atoms with Gasteiger partial charge in [-0.3, -0.25) is 9.89 Å². The lowest BCUT2D eigenvalue weighted by molar-refractivity contribution is 0.256. The third kappa shape index (κ3) is 6.18. The Hall–Kier alpha value is -0.730. The summed E-state index contributed by atoms with van der Waals surface area (Å²) in [7, 11) is 2.05. The number of rotatable bonds is 6. The molecule has 1 heterocycles. The summed E-state index contributed by atoms with van der Waals surface area (Å²) >= 11 is 6.09. The van der Waals surface area contributed by atoms with Crippen LogP contribution < -0.4 is 10.6 Å². The van der Waals surface area contributed by atoms with Crippen LogP contribution >= 0.6 is 35.6 Å². The van der Waals surface area contributed by atoms with Gasteiger partial charge >= 0.3 is 0 Å². The van der Waals surface area contributed by atoms with E-state index in [0.717, 1.165) is 50.7 Å². The van der Waals surface area contributed by atoms with Crippen molar-refractivity contribution in [2.75, 3.05) is 51.2 Å². The van der Waals surface area contributed by atoms with Gasteiger partial charge in [-0.2, -0.15) is 0 Å². The highest BCUT2D eigenvalue weighted by Gasteiger charge is 2.27. The number of hydrogen-bond donors (Lipinski definition) is 1. The van der Waals surface area contributed by atoms with Gasteiger partial charge in [0.25, 0.3) is 0 Å². The maximum Gasteiger partial charge on any atom is 0.191 e. The van der Waals surface area contributed by atoms with Gasteiger partial charge in [-0.1, -0.05) is 17.7 Å². The first-order chi connectivity index (χ1) is 11.6. The van der Waals surface area contributed by atoms with Crippen molar-refractivity contribution >= 4 is 47.2 Å². The van der Waals surface area contributed by atoms with Crippen LogP contribution in [-0.4, -0.2) is 68.1 Å². The van der Waals surface area contributed by atoms with Gasteiger partial charge in [-0.05, 0) is 37.5 Å². The number of hydrogen-bond acceptors (Lipinski definition) is 3. The lowest BCUT2D eigenvalue weighted by Crippen LogP contribution is -2.46. The summed E-state index contributed by atoms with van der Waals surface area (Å²) < 4.78 is 0. The van der Waals surface area contributed by atoms with Crippen molar-refractivity contribution in [2.24, 2.45) is 10.7 Å². The van der Waals surface area contributed by atoms with E-state index in [2.05, 4.69) is 25.8 Å². The highest BCUT2D eigenvalue weighted by atomic mass is 127. The molecule has 0 radical (unpaired) electrons.